The number of nitrogens with zero attached hydrogens (tertiary/aromatic N) is 2. The Morgan fingerprint density at radius 1 is 1.15 bits per heavy atom. The number of methoxy groups -OCH3 is 1. The maximum atomic E-state index is 13.1. The van der Waals surface area contributed by atoms with E-state index in [2.05, 4.69) is 9.82 Å². The standard InChI is InChI=1S/C19H27N3O3S/c1-19(2,3)18-17(13-22(20-18)15-7-5-6-8-15)26(23,24)21-14-9-11-16(25-4)12-10-14/h9-13,15,21H,5-8H2,1-4H3. The van der Waals surface area contributed by atoms with Crippen molar-refractivity contribution >= 4 is 15.7 Å². The highest BCUT2D eigenvalue weighted by Gasteiger charge is 2.32. The van der Waals surface area contributed by atoms with Crippen LogP contribution in [0.3, 0.4) is 0 Å². The molecular weight excluding hydrogens is 350 g/mol. The minimum absolute atomic E-state index is 0.257. The smallest absolute Gasteiger partial charge is 0.265 e. The topological polar surface area (TPSA) is 73.2 Å². The second kappa shape index (κ2) is 6.95. The van der Waals surface area contributed by atoms with Crippen molar-refractivity contribution in [1.82, 2.24) is 9.78 Å². The number of hydrogen-bond donors (Lipinski definition) is 1. The molecule has 7 heteroatoms. The van der Waals surface area contributed by atoms with Crippen LogP contribution in [0.2, 0.25) is 0 Å². The van der Waals surface area contributed by atoms with Gasteiger partial charge < -0.3 is 4.74 Å². The quantitative estimate of drug-likeness (QED) is 0.851. The third-order valence-corrected chi connectivity index (χ3v) is 6.12. The molecule has 0 unspecified atom stereocenters. The van der Waals surface area contributed by atoms with Gasteiger partial charge in [0.25, 0.3) is 10.0 Å². The Labute approximate surface area is 155 Å². The zero-order valence-corrected chi connectivity index (χ0v) is 16.6. The fourth-order valence-electron chi connectivity index (χ4n) is 3.32. The lowest BCUT2D eigenvalue weighted by molar-refractivity contribution is 0.415. The maximum Gasteiger partial charge on any atom is 0.265 e. The van der Waals surface area contributed by atoms with Crippen molar-refractivity contribution in [3.8, 4) is 5.75 Å². The van der Waals surface area contributed by atoms with Crippen LogP contribution >= 0.6 is 0 Å². The molecule has 0 amide bonds. The Balaban J connectivity index is 1.96. The molecule has 1 saturated carbocycles. The van der Waals surface area contributed by atoms with Gasteiger partial charge in [0.05, 0.1) is 18.8 Å². The van der Waals surface area contributed by atoms with E-state index in [1.807, 2.05) is 25.5 Å². The molecule has 0 atom stereocenters. The molecule has 3 rings (SSSR count). The van der Waals surface area contributed by atoms with E-state index in [9.17, 15) is 8.42 Å². The molecule has 0 radical (unpaired) electrons. The maximum absolute atomic E-state index is 13.1. The van der Waals surface area contributed by atoms with Crippen LogP contribution in [0.25, 0.3) is 0 Å². The van der Waals surface area contributed by atoms with Crippen LogP contribution in [0, 0.1) is 0 Å². The third kappa shape index (κ3) is 3.87. The summed E-state index contributed by atoms with van der Waals surface area (Å²) >= 11 is 0. The van der Waals surface area contributed by atoms with Crippen LogP contribution in [0.15, 0.2) is 35.4 Å². The van der Waals surface area contributed by atoms with Crippen molar-refractivity contribution in [2.24, 2.45) is 0 Å². The number of ether oxygens (including phenoxy) is 1. The van der Waals surface area contributed by atoms with Crippen molar-refractivity contribution in [3.05, 3.63) is 36.2 Å². The summed E-state index contributed by atoms with van der Waals surface area (Å²) < 4.78 is 35.8. The molecule has 1 fully saturated rings. The van der Waals surface area contributed by atoms with Crippen LogP contribution in [-0.2, 0) is 15.4 Å². The van der Waals surface area contributed by atoms with Crippen LogP contribution in [0.4, 0.5) is 5.69 Å². The minimum Gasteiger partial charge on any atom is -0.497 e. The summed E-state index contributed by atoms with van der Waals surface area (Å²) in [5.74, 6) is 0.678. The van der Waals surface area contributed by atoms with Gasteiger partial charge in [0, 0.05) is 17.3 Å². The number of sulfonamides is 1. The zero-order chi connectivity index (χ0) is 18.9. The molecule has 1 aliphatic rings. The van der Waals surface area contributed by atoms with Crippen molar-refractivity contribution in [1.29, 1.82) is 0 Å². The summed E-state index contributed by atoms with van der Waals surface area (Å²) in [5.41, 5.74) is 0.734. The number of aromatic nitrogens is 2. The highest BCUT2D eigenvalue weighted by atomic mass is 32.2. The van der Waals surface area contributed by atoms with Gasteiger partial charge in [-0.3, -0.25) is 9.40 Å². The number of anilines is 1. The highest BCUT2D eigenvalue weighted by Crippen LogP contribution is 2.34. The second-order valence-corrected chi connectivity index (χ2v) is 9.50. The fourth-order valence-corrected chi connectivity index (χ4v) is 4.72. The van der Waals surface area contributed by atoms with Crippen molar-refractivity contribution in [2.75, 3.05) is 11.8 Å². The van der Waals surface area contributed by atoms with E-state index >= 15 is 0 Å². The molecule has 1 aromatic carbocycles. The first-order valence-corrected chi connectivity index (χ1v) is 10.5. The monoisotopic (exact) mass is 377 g/mol. The zero-order valence-electron chi connectivity index (χ0n) is 15.8. The summed E-state index contributed by atoms with van der Waals surface area (Å²) in [7, 11) is -2.15. The van der Waals surface area contributed by atoms with E-state index in [0.717, 1.165) is 12.8 Å². The number of hydrogen-bond acceptors (Lipinski definition) is 4. The van der Waals surface area contributed by atoms with E-state index in [1.165, 1.54) is 12.8 Å². The summed E-state index contributed by atoms with van der Waals surface area (Å²) in [6.45, 7) is 5.96. The molecule has 0 bridgehead atoms. The van der Waals surface area contributed by atoms with Gasteiger partial charge >= 0.3 is 0 Å². The number of benzene rings is 1. The largest absolute Gasteiger partial charge is 0.497 e. The van der Waals surface area contributed by atoms with Crippen LogP contribution in [0.5, 0.6) is 5.75 Å². The Kier molecular flexibility index (Phi) is 5.01. The molecule has 1 aromatic heterocycles. The lowest BCUT2D eigenvalue weighted by Crippen LogP contribution is -2.20. The highest BCUT2D eigenvalue weighted by molar-refractivity contribution is 7.92. The van der Waals surface area contributed by atoms with Crippen molar-refractivity contribution in [2.45, 2.75) is 62.8 Å². The van der Waals surface area contributed by atoms with Gasteiger partial charge in [0.15, 0.2) is 0 Å². The van der Waals surface area contributed by atoms with Gasteiger partial charge in [-0.25, -0.2) is 8.42 Å². The lowest BCUT2D eigenvalue weighted by atomic mass is 9.92. The van der Waals surface area contributed by atoms with Crippen molar-refractivity contribution < 1.29 is 13.2 Å². The third-order valence-electron chi connectivity index (χ3n) is 4.74. The molecule has 1 aliphatic carbocycles. The molecule has 2 aromatic rings. The Morgan fingerprint density at radius 3 is 2.31 bits per heavy atom. The predicted octanol–water partition coefficient (Wildman–Crippen LogP) is 4.11. The molecule has 6 nitrogen and oxygen atoms in total. The molecule has 1 heterocycles. The predicted molar refractivity (Wildman–Crippen MR) is 102 cm³/mol. The van der Waals surface area contributed by atoms with Gasteiger partial charge in [-0.15, -0.1) is 0 Å². The molecule has 142 valence electrons. The van der Waals surface area contributed by atoms with Crippen molar-refractivity contribution in [3.63, 3.8) is 0 Å². The Hall–Kier alpha value is -2.02. The van der Waals surface area contributed by atoms with E-state index in [-0.39, 0.29) is 10.3 Å². The summed E-state index contributed by atoms with van der Waals surface area (Å²) in [4.78, 5) is 0.257. The van der Waals surface area contributed by atoms with Gasteiger partial charge in [0.1, 0.15) is 10.6 Å². The molecule has 0 aliphatic heterocycles. The van der Waals surface area contributed by atoms with E-state index in [0.29, 0.717) is 23.2 Å². The Morgan fingerprint density at radius 2 is 1.77 bits per heavy atom. The SMILES string of the molecule is COc1ccc(NS(=O)(=O)c2cn(C3CCCC3)nc2C(C)(C)C)cc1. The van der Waals surface area contributed by atoms with Crippen LogP contribution in [0.1, 0.15) is 58.2 Å². The summed E-state index contributed by atoms with van der Waals surface area (Å²) in [6.07, 6.45) is 6.14. The average molecular weight is 378 g/mol. The number of nitrogens with one attached hydrogen (secondary N) is 1. The lowest BCUT2D eigenvalue weighted by Gasteiger charge is -2.18. The van der Waals surface area contributed by atoms with Crippen LogP contribution in [-0.4, -0.2) is 25.3 Å². The summed E-state index contributed by atoms with van der Waals surface area (Å²) in [5, 5.41) is 4.68. The first-order valence-electron chi connectivity index (χ1n) is 8.97. The minimum atomic E-state index is -3.73. The average Bonchev–Trinajstić information content (AvgIpc) is 3.24. The number of rotatable bonds is 5. The molecule has 0 spiro atoms. The van der Waals surface area contributed by atoms with E-state index in [4.69, 9.17) is 4.74 Å². The molecular formula is C19H27N3O3S. The second-order valence-electron chi connectivity index (χ2n) is 7.84. The van der Waals surface area contributed by atoms with Crippen LogP contribution < -0.4 is 9.46 Å². The van der Waals surface area contributed by atoms with Gasteiger partial charge in [-0.05, 0) is 37.1 Å². The normalized spacial score (nSPS) is 16.0. The van der Waals surface area contributed by atoms with E-state index < -0.39 is 10.0 Å². The molecule has 1 N–H and O–H groups in total. The first kappa shape index (κ1) is 18.8. The Bertz CT molecular complexity index is 858. The van der Waals surface area contributed by atoms with E-state index in [1.54, 1.807) is 37.6 Å². The summed E-state index contributed by atoms with van der Waals surface area (Å²) in [6, 6.07) is 7.12. The fraction of sp³-hybridized carbons (Fsp3) is 0.526. The molecule has 0 saturated heterocycles. The first-order chi connectivity index (χ1) is 12.2. The van der Waals surface area contributed by atoms with Gasteiger partial charge in [-0.1, -0.05) is 33.6 Å². The molecule has 26 heavy (non-hydrogen) atoms. The van der Waals surface area contributed by atoms with Gasteiger partial charge in [0.2, 0.25) is 0 Å². The van der Waals surface area contributed by atoms with Gasteiger partial charge in [-0.2, -0.15) is 5.10 Å².